The van der Waals surface area contributed by atoms with Gasteiger partial charge in [0.15, 0.2) is 5.11 Å². The van der Waals surface area contributed by atoms with Crippen LogP contribution in [0.25, 0.3) is 0 Å². The van der Waals surface area contributed by atoms with Crippen LogP contribution in [0.4, 0.5) is 0 Å². The van der Waals surface area contributed by atoms with E-state index < -0.39 is 5.72 Å². The quantitative estimate of drug-likeness (QED) is 0.725. The molecule has 1 saturated heterocycles. The van der Waals surface area contributed by atoms with Gasteiger partial charge in [-0.05, 0) is 39.4 Å². The molecule has 0 aromatic rings. The molecule has 1 unspecified atom stereocenters. The Hall–Kier alpha value is -0.350. The van der Waals surface area contributed by atoms with Gasteiger partial charge < -0.3 is 15.3 Å². The Balaban J connectivity index is 2.75. The Morgan fingerprint density at radius 2 is 2.07 bits per heavy atom. The zero-order chi connectivity index (χ0) is 11.7. The van der Waals surface area contributed by atoms with Gasteiger partial charge in [-0.2, -0.15) is 0 Å². The van der Waals surface area contributed by atoms with E-state index >= 15 is 0 Å². The van der Waals surface area contributed by atoms with E-state index in [-0.39, 0.29) is 5.54 Å². The van der Waals surface area contributed by atoms with E-state index in [0.29, 0.717) is 11.5 Å². The lowest BCUT2D eigenvalue weighted by Crippen LogP contribution is -2.66. The van der Waals surface area contributed by atoms with Gasteiger partial charge in [-0.3, -0.25) is 0 Å². The fraction of sp³-hybridized carbons (Fsp3) is 0.909. The number of nitrogens with zero attached hydrogens (tertiary/aromatic N) is 1. The van der Waals surface area contributed by atoms with Gasteiger partial charge in [0.05, 0.1) is 0 Å². The molecule has 0 aromatic carbocycles. The van der Waals surface area contributed by atoms with Crippen LogP contribution in [0.5, 0.6) is 0 Å². The second kappa shape index (κ2) is 4.26. The normalized spacial score (nSPS) is 30.2. The van der Waals surface area contributed by atoms with Crippen molar-refractivity contribution in [3.8, 4) is 0 Å². The minimum Gasteiger partial charge on any atom is -0.371 e. The summed E-state index contributed by atoms with van der Waals surface area (Å²) in [4.78, 5) is 1.90. The smallest absolute Gasteiger partial charge is 0.171 e. The average Bonchev–Trinajstić information content (AvgIpc) is 1.98. The van der Waals surface area contributed by atoms with Gasteiger partial charge in [0.25, 0.3) is 0 Å². The predicted octanol–water partition coefficient (Wildman–Crippen LogP) is 1.85. The Morgan fingerprint density at radius 1 is 1.47 bits per heavy atom. The molecule has 88 valence electrons. The van der Waals surface area contributed by atoms with E-state index in [1.54, 1.807) is 0 Å². The van der Waals surface area contributed by atoms with E-state index in [1.165, 1.54) is 0 Å². The molecule has 0 radical (unpaired) electrons. The van der Waals surface area contributed by atoms with Crippen LogP contribution in [0.3, 0.4) is 0 Å². The maximum absolute atomic E-state index is 10.4. The van der Waals surface area contributed by atoms with Gasteiger partial charge in [0.2, 0.25) is 0 Å². The second-order valence-electron chi connectivity index (χ2n) is 5.21. The van der Waals surface area contributed by atoms with Crippen LogP contribution in [0.1, 0.15) is 47.0 Å². The van der Waals surface area contributed by atoms with E-state index in [2.05, 4.69) is 26.1 Å². The van der Waals surface area contributed by atoms with Crippen LogP contribution in [-0.4, -0.2) is 32.9 Å². The zero-order valence-corrected chi connectivity index (χ0v) is 10.9. The number of nitrogens with one attached hydrogen (secondary N) is 1. The van der Waals surface area contributed by atoms with Crippen LogP contribution in [0.15, 0.2) is 0 Å². The summed E-state index contributed by atoms with van der Waals surface area (Å²) in [7, 11) is 0. The van der Waals surface area contributed by atoms with Gasteiger partial charge in [0, 0.05) is 18.5 Å². The fourth-order valence-electron chi connectivity index (χ4n) is 2.21. The molecule has 0 aliphatic carbocycles. The summed E-state index contributed by atoms with van der Waals surface area (Å²) >= 11 is 5.29. The summed E-state index contributed by atoms with van der Waals surface area (Å²) in [6.07, 6.45) is 2.85. The Morgan fingerprint density at radius 3 is 2.53 bits per heavy atom. The number of unbranched alkanes of at least 4 members (excludes halogenated alkanes) is 1. The van der Waals surface area contributed by atoms with Crippen molar-refractivity contribution in [3.63, 3.8) is 0 Å². The fourth-order valence-corrected chi connectivity index (χ4v) is 2.78. The molecular formula is C11H22N2OS. The van der Waals surface area contributed by atoms with Crippen molar-refractivity contribution in [1.82, 2.24) is 10.2 Å². The molecule has 2 N–H and O–H groups in total. The molecule has 0 spiro atoms. The van der Waals surface area contributed by atoms with E-state index in [1.807, 2.05) is 11.8 Å². The first-order valence-electron chi connectivity index (χ1n) is 5.61. The van der Waals surface area contributed by atoms with Crippen molar-refractivity contribution in [2.24, 2.45) is 0 Å². The van der Waals surface area contributed by atoms with Gasteiger partial charge in [-0.25, -0.2) is 0 Å². The second-order valence-corrected chi connectivity index (χ2v) is 5.60. The molecule has 1 rings (SSSR count). The standard InChI is InChI=1S/C11H22N2OS/c1-5-6-7-13-9(15)12-10(2,3)8-11(13,4)14/h14H,5-8H2,1-4H3,(H,12,15). The Bertz CT molecular complexity index is 251. The molecule has 4 heteroatoms. The predicted molar refractivity (Wildman–Crippen MR) is 66.7 cm³/mol. The zero-order valence-electron chi connectivity index (χ0n) is 10.1. The van der Waals surface area contributed by atoms with Crippen molar-refractivity contribution in [2.45, 2.75) is 58.2 Å². The number of hydrogen-bond acceptors (Lipinski definition) is 2. The van der Waals surface area contributed by atoms with Crippen LogP contribution < -0.4 is 5.32 Å². The summed E-state index contributed by atoms with van der Waals surface area (Å²) in [6, 6.07) is 0. The number of hydrogen-bond donors (Lipinski definition) is 2. The minimum atomic E-state index is -0.818. The molecule has 0 aromatic heterocycles. The van der Waals surface area contributed by atoms with Crippen molar-refractivity contribution < 1.29 is 5.11 Å². The third-order valence-electron chi connectivity index (χ3n) is 2.78. The Labute approximate surface area is 97.8 Å². The maximum atomic E-state index is 10.4. The minimum absolute atomic E-state index is 0.122. The summed E-state index contributed by atoms with van der Waals surface area (Å²) in [5.74, 6) is 0. The van der Waals surface area contributed by atoms with Gasteiger partial charge in [-0.1, -0.05) is 13.3 Å². The number of thiocarbonyl (C=S) groups is 1. The molecular weight excluding hydrogens is 208 g/mol. The number of rotatable bonds is 3. The summed E-state index contributed by atoms with van der Waals surface area (Å²) in [5, 5.41) is 14.3. The lowest BCUT2D eigenvalue weighted by Gasteiger charge is -2.49. The molecule has 15 heavy (non-hydrogen) atoms. The topological polar surface area (TPSA) is 35.5 Å². The van der Waals surface area contributed by atoms with E-state index in [9.17, 15) is 5.11 Å². The van der Waals surface area contributed by atoms with Crippen molar-refractivity contribution in [1.29, 1.82) is 0 Å². The molecule has 1 fully saturated rings. The van der Waals surface area contributed by atoms with Crippen LogP contribution in [-0.2, 0) is 0 Å². The van der Waals surface area contributed by atoms with Crippen LogP contribution >= 0.6 is 12.2 Å². The molecule has 0 amide bonds. The lowest BCUT2D eigenvalue weighted by atomic mass is 9.90. The molecule has 1 heterocycles. The van der Waals surface area contributed by atoms with Crippen molar-refractivity contribution >= 4 is 17.3 Å². The summed E-state index contributed by atoms with van der Waals surface area (Å²) < 4.78 is 0. The molecule has 1 aliphatic heterocycles. The van der Waals surface area contributed by atoms with E-state index in [0.717, 1.165) is 19.4 Å². The highest BCUT2D eigenvalue weighted by Crippen LogP contribution is 2.29. The highest BCUT2D eigenvalue weighted by atomic mass is 32.1. The van der Waals surface area contributed by atoms with Crippen molar-refractivity contribution in [3.05, 3.63) is 0 Å². The first-order valence-corrected chi connectivity index (χ1v) is 6.01. The highest BCUT2D eigenvalue weighted by molar-refractivity contribution is 7.80. The van der Waals surface area contributed by atoms with E-state index in [4.69, 9.17) is 12.2 Å². The number of aliphatic hydroxyl groups is 1. The van der Waals surface area contributed by atoms with Gasteiger partial charge in [-0.15, -0.1) is 0 Å². The molecule has 0 bridgehead atoms. The van der Waals surface area contributed by atoms with Crippen LogP contribution in [0.2, 0.25) is 0 Å². The molecule has 1 atom stereocenters. The van der Waals surface area contributed by atoms with Crippen molar-refractivity contribution in [2.75, 3.05) is 6.54 Å². The van der Waals surface area contributed by atoms with Gasteiger partial charge in [0.1, 0.15) is 5.72 Å². The molecule has 0 saturated carbocycles. The van der Waals surface area contributed by atoms with Crippen LogP contribution in [0, 0.1) is 0 Å². The lowest BCUT2D eigenvalue weighted by molar-refractivity contribution is -0.0884. The first kappa shape index (κ1) is 12.7. The average molecular weight is 230 g/mol. The van der Waals surface area contributed by atoms with Gasteiger partial charge >= 0.3 is 0 Å². The largest absolute Gasteiger partial charge is 0.371 e. The summed E-state index contributed by atoms with van der Waals surface area (Å²) in [6.45, 7) is 8.93. The monoisotopic (exact) mass is 230 g/mol. The third-order valence-corrected chi connectivity index (χ3v) is 3.11. The Kier molecular flexibility index (Phi) is 3.61. The highest BCUT2D eigenvalue weighted by Gasteiger charge is 2.42. The first-order chi connectivity index (χ1) is 6.78. The molecule has 3 nitrogen and oxygen atoms in total. The SMILES string of the molecule is CCCCN1C(=S)NC(C)(C)CC1(C)O. The third kappa shape index (κ3) is 3.05. The maximum Gasteiger partial charge on any atom is 0.171 e. The summed E-state index contributed by atoms with van der Waals surface area (Å²) in [5.41, 5.74) is -0.940. The molecule has 1 aliphatic rings.